The standard InChI is InChI=1S/C22H27N3O2/c1-14-7-8-22(9-11-23-12-10-22)21(26)24-20(14)18-6-4-5-17(13-18)19-15(2)25-27-16(19)3/h4-6,13,23H,7-12H2,1-3H3,(H,24,26). The molecule has 142 valence electrons. The van der Waals surface area contributed by atoms with Gasteiger partial charge in [-0.3, -0.25) is 4.79 Å². The van der Waals surface area contributed by atoms with Crippen LogP contribution in [-0.4, -0.2) is 24.2 Å². The van der Waals surface area contributed by atoms with E-state index in [2.05, 4.69) is 40.9 Å². The quantitative estimate of drug-likeness (QED) is 0.845. The first-order valence-electron chi connectivity index (χ1n) is 9.76. The van der Waals surface area contributed by atoms with E-state index in [1.54, 1.807) is 0 Å². The number of aryl methyl sites for hydroxylation is 2. The molecule has 0 aliphatic carbocycles. The van der Waals surface area contributed by atoms with Crippen molar-refractivity contribution in [1.29, 1.82) is 0 Å². The summed E-state index contributed by atoms with van der Waals surface area (Å²) in [6.07, 6.45) is 3.71. The summed E-state index contributed by atoms with van der Waals surface area (Å²) in [4.78, 5) is 13.1. The summed E-state index contributed by atoms with van der Waals surface area (Å²) in [5.41, 5.74) is 6.01. The molecule has 1 spiro atoms. The SMILES string of the molecule is CC1=C(c2cccc(-c3c(C)noc3C)c2)NC(=O)C2(CCNCC2)CC1. The zero-order valence-corrected chi connectivity index (χ0v) is 16.3. The minimum absolute atomic E-state index is 0.179. The molecule has 0 saturated carbocycles. The number of rotatable bonds is 2. The van der Waals surface area contributed by atoms with E-state index in [-0.39, 0.29) is 11.3 Å². The van der Waals surface area contributed by atoms with Crippen LogP contribution in [0.4, 0.5) is 0 Å². The van der Waals surface area contributed by atoms with Crippen LogP contribution in [0.15, 0.2) is 34.4 Å². The van der Waals surface area contributed by atoms with E-state index in [9.17, 15) is 4.79 Å². The number of benzene rings is 1. The Morgan fingerprint density at radius 2 is 1.81 bits per heavy atom. The first kappa shape index (κ1) is 18.0. The smallest absolute Gasteiger partial charge is 0.230 e. The molecule has 4 rings (SSSR count). The summed E-state index contributed by atoms with van der Waals surface area (Å²) in [7, 11) is 0. The minimum Gasteiger partial charge on any atom is -0.361 e. The number of amides is 1. The number of nitrogens with zero attached hydrogens (tertiary/aromatic N) is 1. The maximum atomic E-state index is 13.1. The summed E-state index contributed by atoms with van der Waals surface area (Å²) in [6, 6.07) is 8.31. The van der Waals surface area contributed by atoms with Gasteiger partial charge in [-0.15, -0.1) is 0 Å². The van der Waals surface area contributed by atoms with Crippen molar-refractivity contribution in [1.82, 2.24) is 15.8 Å². The third-order valence-corrected chi connectivity index (χ3v) is 6.16. The average Bonchev–Trinajstić information content (AvgIpc) is 2.97. The minimum atomic E-state index is -0.229. The molecule has 0 radical (unpaired) electrons. The van der Waals surface area contributed by atoms with Gasteiger partial charge in [0.1, 0.15) is 5.76 Å². The molecule has 27 heavy (non-hydrogen) atoms. The second-order valence-corrected chi connectivity index (χ2v) is 7.92. The highest BCUT2D eigenvalue weighted by molar-refractivity contribution is 5.93. The number of allylic oxidation sites excluding steroid dienone is 1. The van der Waals surface area contributed by atoms with Crippen LogP contribution in [0.25, 0.3) is 16.8 Å². The van der Waals surface area contributed by atoms with Gasteiger partial charge in [0.2, 0.25) is 5.91 Å². The Morgan fingerprint density at radius 1 is 1.07 bits per heavy atom. The van der Waals surface area contributed by atoms with Crippen molar-refractivity contribution in [3.63, 3.8) is 0 Å². The highest BCUT2D eigenvalue weighted by atomic mass is 16.5. The molecule has 0 unspecified atom stereocenters. The molecular weight excluding hydrogens is 338 g/mol. The monoisotopic (exact) mass is 365 g/mol. The van der Waals surface area contributed by atoms with Gasteiger partial charge in [0.25, 0.3) is 0 Å². The van der Waals surface area contributed by atoms with E-state index in [4.69, 9.17) is 4.52 Å². The fourth-order valence-electron chi connectivity index (χ4n) is 4.44. The Morgan fingerprint density at radius 3 is 2.52 bits per heavy atom. The van der Waals surface area contributed by atoms with Crippen LogP contribution in [0.5, 0.6) is 0 Å². The Labute approximate surface area is 160 Å². The predicted octanol–water partition coefficient (Wildman–Crippen LogP) is 3.97. The number of hydrogen-bond donors (Lipinski definition) is 2. The van der Waals surface area contributed by atoms with Gasteiger partial charge in [-0.25, -0.2) is 0 Å². The molecule has 1 saturated heterocycles. The highest BCUT2D eigenvalue weighted by Gasteiger charge is 2.41. The topological polar surface area (TPSA) is 67.2 Å². The summed E-state index contributed by atoms with van der Waals surface area (Å²) in [5, 5.41) is 10.7. The highest BCUT2D eigenvalue weighted by Crippen LogP contribution is 2.40. The number of carbonyl (C=O) groups is 1. The molecule has 2 aliphatic rings. The molecule has 1 fully saturated rings. The summed E-state index contributed by atoms with van der Waals surface area (Å²) >= 11 is 0. The van der Waals surface area contributed by atoms with Crippen LogP contribution in [0, 0.1) is 19.3 Å². The van der Waals surface area contributed by atoms with E-state index in [0.29, 0.717) is 0 Å². The van der Waals surface area contributed by atoms with Gasteiger partial charge in [0, 0.05) is 11.3 Å². The van der Waals surface area contributed by atoms with Crippen molar-refractivity contribution < 1.29 is 9.32 Å². The summed E-state index contributed by atoms with van der Waals surface area (Å²) < 4.78 is 5.33. The van der Waals surface area contributed by atoms with E-state index in [1.807, 2.05) is 19.9 Å². The molecule has 3 heterocycles. The Hall–Kier alpha value is -2.40. The van der Waals surface area contributed by atoms with Gasteiger partial charge in [-0.2, -0.15) is 0 Å². The number of hydrogen-bond acceptors (Lipinski definition) is 4. The first-order valence-corrected chi connectivity index (χ1v) is 9.76. The van der Waals surface area contributed by atoms with Gasteiger partial charge in [-0.05, 0) is 82.3 Å². The van der Waals surface area contributed by atoms with E-state index in [0.717, 1.165) is 72.6 Å². The zero-order valence-electron chi connectivity index (χ0n) is 16.3. The van der Waals surface area contributed by atoms with Crippen LogP contribution < -0.4 is 10.6 Å². The molecular formula is C22H27N3O2. The maximum Gasteiger partial charge on any atom is 0.230 e. The van der Waals surface area contributed by atoms with Crippen molar-refractivity contribution in [3.05, 3.63) is 46.9 Å². The molecule has 0 bridgehead atoms. The lowest BCUT2D eigenvalue weighted by atomic mass is 9.74. The van der Waals surface area contributed by atoms with E-state index in [1.165, 1.54) is 5.57 Å². The molecule has 2 N–H and O–H groups in total. The number of nitrogens with one attached hydrogen (secondary N) is 2. The van der Waals surface area contributed by atoms with Crippen LogP contribution in [0.3, 0.4) is 0 Å². The zero-order chi connectivity index (χ0) is 19.0. The van der Waals surface area contributed by atoms with E-state index >= 15 is 0 Å². The summed E-state index contributed by atoms with van der Waals surface area (Å²) in [5.74, 6) is 0.993. The Kier molecular flexibility index (Phi) is 4.64. The number of aromatic nitrogens is 1. The van der Waals surface area contributed by atoms with Gasteiger partial charge >= 0.3 is 0 Å². The van der Waals surface area contributed by atoms with Crippen LogP contribution in [0.2, 0.25) is 0 Å². The lowest BCUT2D eigenvalue weighted by Crippen LogP contribution is -2.46. The van der Waals surface area contributed by atoms with Crippen LogP contribution in [0.1, 0.15) is 49.6 Å². The predicted molar refractivity (Wildman–Crippen MR) is 106 cm³/mol. The van der Waals surface area contributed by atoms with Crippen molar-refractivity contribution in [3.8, 4) is 11.1 Å². The Balaban J connectivity index is 1.69. The van der Waals surface area contributed by atoms with Crippen LogP contribution in [-0.2, 0) is 4.79 Å². The van der Waals surface area contributed by atoms with Crippen molar-refractivity contribution in [2.75, 3.05) is 13.1 Å². The van der Waals surface area contributed by atoms with Crippen LogP contribution >= 0.6 is 0 Å². The van der Waals surface area contributed by atoms with Gasteiger partial charge in [-0.1, -0.05) is 23.4 Å². The van der Waals surface area contributed by atoms with Gasteiger partial charge < -0.3 is 15.2 Å². The second kappa shape index (κ2) is 6.97. The average molecular weight is 365 g/mol. The van der Waals surface area contributed by atoms with Crippen molar-refractivity contribution in [2.24, 2.45) is 5.41 Å². The first-order chi connectivity index (χ1) is 13.0. The molecule has 1 aromatic carbocycles. The Bertz CT molecular complexity index is 885. The fraction of sp³-hybridized carbons (Fsp3) is 0.455. The summed E-state index contributed by atoms with van der Waals surface area (Å²) in [6.45, 7) is 7.86. The van der Waals surface area contributed by atoms with Gasteiger partial charge in [0.05, 0.1) is 11.1 Å². The lowest BCUT2D eigenvalue weighted by Gasteiger charge is -2.35. The fourth-order valence-corrected chi connectivity index (χ4v) is 4.44. The third kappa shape index (κ3) is 3.21. The van der Waals surface area contributed by atoms with E-state index < -0.39 is 0 Å². The number of carbonyl (C=O) groups excluding carboxylic acids is 1. The molecule has 1 amide bonds. The van der Waals surface area contributed by atoms with Crippen molar-refractivity contribution in [2.45, 2.75) is 46.5 Å². The molecule has 5 heteroatoms. The van der Waals surface area contributed by atoms with Gasteiger partial charge in [0.15, 0.2) is 0 Å². The molecule has 1 aromatic heterocycles. The normalized spacial score (nSPS) is 19.9. The molecule has 2 aliphatic heterocycles. The number of piperidine rings is 1. The lowest BCUT2D eigenvalue weighted by molar-refractivity contribution is -0.131. The maximum absolute atomic E-state index is 13.1. The molecule has 2 aromatic rings. The third-order valence-electron chi connectivity index (χ3n) is 6.16. The molecule has 0 atom stereocenters. The molecule has 5 nitrogen and oxygen atoms in total. The van der Waals surface area contributed by atoms with Crippen molar-refractivity contribution >= 4 is 11.6 Å². The largest absolute Gasteiger partial charge is 0.361 e. The second-order valence-electron chi connectivity index (χ2n) is 7.92.